The zero-order chi connectivity index (χ0) is 24.6. The van der Waals surface area contributed by atoms with Gasteiger partial charge < -0.3 is 15.2 Å². The van der Waals surface area contributed by atoms with Crippen molar-refractivity contribution >= 4 is 34.2 Å². The van der Waals surface area contributed by atoms with Crippen LogP contribution in [0.4, 0.5) is 10.1 Å². The van der Waals surface area contributed by atoms with Crippen molar-refractivity contribution < 1.29 is 13.3 Å². The summed E-state index contributed by atoms with van der Waals surface area (Å²) in [5.41, 5.74) is 1.39. The number of hydrogen-bond donors (Lipinski definition) is 2. The predicted molar refractivity (Wildman–Crippen MR) is 117 cm³/mol. The Morgan fingerprint density at radius 2 is 2.03 bits per heavy atom. The SMILES string of the molecule is [2H]C([2H])([2H])NC(=O)c1ccc(N2CCN(Cc3ccc4nc(C)c(=O)[nH]c4c3F)CC2)c(Cl)n1. The van der Waals surface area contributed by atoms with Crippen LogP contribution in [0.1, 0.15) is 25.9 Å². The normalized spacial score (nSPS) is 16.6. The number of benzene rings is 1. The fourth-order valence-corrected chi connectivity index (χ4v) is 3.89. The minimum absolute atomic E-state index is 0.0852. The van der Waals surface area contributed by atoms with Gasteiger partial charge in [0.1, 0.15) is 16.9 Å². The third-order valence-corrected chi connectivity index (χ3v) is 5.62. The van der Waals surface area contributed by atoms with Crippen molar-refractivity contribution in [2.75, 3.05) is 38.1 Å². The van der Waals surface area contributed by atoms with Gasteiger partial charge in [0.15, 0.2) is 11.0 Å². The highest BCUT2D eigenvalue weighted by Gasteiger charge is 2.22. The first-order valence-electron chi connectivity index (χ1n) is 11.2. The van der Waals surface area contributed by atoms with E-state index in [4.69, 9.17) is 15.7 Å². The fraction of sp³-hybridized carbons (Fsp3) is 0.333. The van der Waals surface area contributed by atoms with Crippen LogP contribution in [0, 0.1) is 12.7 Å². The molecule has 0 aliphatic carbocycles. The summed E-state index contributed by atoms with van der Waals surface area (Å²) in [7, 11) is 0. The monoisotopic (exact) mass is 447 g/mol. The maximum Gasteiger partial charge on any atom is 0.269 e. The first-order chi connectivity index (χ1) is 16.0. The average Bonchev–Trinajstić information content (AvgIpc) is 2.77. The number of aryl methyl sites for hydroxylation is 1. The summed E-state index contributed by atoms with van der Waals surface area (Å²) in [6, 6.07) is 6.43. The molecule has 2 N–H and O–H groups in total. The van der Waals surface area contributed by atoms with E-state index in [1.165, 1.54) is 6.07 Å². The van der Waals surface area contributed by atoms with E-state index in [1.807, 2.05) is 10.2 Å². The minimum Gasteiger partial charge on any atom is -0.366 e. The zero-order valence-electron chi connectivity index (χ0n) is 19.7. The first kappa shape index (κ1) is 17.6. The second kappa shape index (κ2) is 8.60. The second-order valence-corrected chi connectivity index (χ2v) is 7.67. The summed E-state index contributed by atoms with van der Waals surface area (Å²) in [5.74, 6) is -1.31. The Kier molecular flexibility index (Phi) is 4.89. The summed E-state index contributed by atoms with van der Waals surface area (Å²) in [5, 5.41) is 1.97. The molecule has 1 fully saturated rings. The van der Waals surface area contributed by atoms with Crippen LogP contribution in [0.2, 0.25) is 5.15 Å². The number of nitrogens with one attached hydrogen (secondary N) is 2. The molecule has 0 bridgehead atoms. The number of pyridine rings is 1. The van der Waals surface area contributed by atoms with Gasteiger partial charge in [-0.05, 0) is 25.1 Å². The van der Waals surface area contributed by atoms with Crippen LogP contribution in [0.15, 0.2) is 29.1 Å². The molecular weight excluding hydrogens is 423 g/mol. The number of aromatic nitrogens is 3. The molecule has 162 valence electrons. The van der Waals surface area contributed by atoms with E-state index in [-0.39, 0.29) is 22.1 Å². The van der Waals surface area contributed by atoms with Crippen LogP contribution in [0.5, 0.6) is 0 Å². The lowest BCUT2D eigenvalue weighted by molar-refractivity contribution is 0.0958. The number of carbonyl (C=O) groups is 1. The van der Waals surface area contributed by atoms with Gasteiger partial charge in [-0.1, -0.05) is 17.7 Å². The van der Waals surface area contributed by atoms with Gasteiger partial charge in [-0.3, -0.25) is 14.5 Å². The second-order valence-electron chi connectivity index (χ2n) is 7.31. The van der Waals surface area contributed by atoms with E-state index < -0.39 is 24.3 Å². The maximum atomic E-state index is 15.0. The molecule has 1 amide bonds. The van der Waals surface area contributed by atoms with Crippen LogP contribution >= 0.6 is 11.6 Å². The lowest BCUT2D eigenvalue weighted by Crippen LogP contribution is -2.46. The van der Waals surface area contributed by atoms with E-state index in [9.17, 15) is 14.0 Å². The topological polar surface area (TPSA) is 94.2 Å². The van der Waals surface area contributed by atoms with Crippen LogP contribution < -0.4 is 15.8 Å². The number of fused-ring (bicyclic) bond motifs is 1. The highest BCUT2D eigenvalue weighted by molar-refractivity contribution is 6.32. The van der Waals surface area contributed by atoms with E-state index in [0.717, 1.165) is 0 Å². The number of amides is 1. The van der Waals surface area contributed by atoms with Crippen molar-refractivity contribution in [1.29, 1.82) is 0 Å². The third-order valence-electron chi connectivity index (χ3n) is 5.34. The fourth-order valence-electron chi connectivity index (χ4n) is 3.62. The molecule has 0 unspecified atom stereocenters. The number of aromatic amines is 1. The number of anilines is 1. The molecule has 3 aromatic rings. The average molecular weight is 448 g/mol. The maximum absolute atomic E-state index is 15.0. The molecule has 0 radical (unpaired) electrons. The Balaban J connectivity index is 1.42. The van der Waals surface area contributed by atoms with Crippen molar-refractivity contribution in [2.24, 2.45) is 0 Å². The van der Waals surface area contributed by atoms with E-state index in [0.29, 0.717) is 49.5 Å². The lowest BCUT2D eigenvalue weighted by Gasteiger charge is -2.36. The van der Waals surface area contributed by atoms with Gasteiger partial charge in [0, 0.05) is 49.4 Å². The number of carbonyl (C=O) groups excluding carboxylic acids is 1. The number of H-pyrrole nitrogens is 1. The molecule has 10 heteroatoms. The van der Waals surface area contributed by atoms with Gasteiger partial charge in [0.2, 0.25) is 0 Å². The van der Waals surface area contributed by atoms with Crippen molar-refractivity contribution in [1.82, 2.24) is 25.2 Å². The van der Waals surface area contributed by atoms with Crippen LogP contribution in [0.25, 0.3) is 11.0 Å². The standard InChI is InChI=1S/C21H22ClFN6O2/c1-12-20(30)27-18-14(25-12)4-3-13(17(18)23)11-28-7-9-29(10-8-28)16-6-5-15(21(31)24-2)26-19(16)22/h3-6H,7-11H2,1-2H3,(H,24,31)(H,27,30)/i2D3. The first-order valence-corrected chi connectivity index (χ1v) is 10.0. The Hall–Kier alpha value is -3.04. The largest absolute Gasteiger partial charge is 0.366 e. The smallest absolute Gasteiger partial charge is 0.269 e. The molecule has 3 heterocycles. The van der Waals surface area contributed by atoms with Crippen molar-refractivity contribution in [3.05, 3.63) is 62.5 Å². The molecule has 0 saturated carbocycles. The van der Waals surface area contributed by atoms with Crippen molar-refractivity contribution in [3.8, 4) is 0 Å². The Morgan fingerprint density at radius 1 is 1.26 bits per heavy atom. The number of nitrogens with zero attached hydrogens (tertiary/aromatic N) is 4. The van der Waals surface area contributed by atoms with Crippen molar-refractivity contribution in [2.45, 2.75) is 13.5 Å². The number of hydrogen-bond acceptors (Lipinski definition) is 6. The van der Waals surface area contributed by atoms with E-state index >= 15 is 0 Å². The summed E-state index contributed by atoms with van der Waals surface area (Å²) in [6.45, 7) is 1.76. The van der Waals surface area contributed by atoms with Crippen molar-refractivity contribution in [3.63, 3.8) is 0 Å². The summed E-state index contributed by atoms with van der Waals surface area (Å²) in [6.07, 6.45) is 0. The molecule has 4 rings (SSSR count). The number of piperazine rings is 1. The quantitative estimate of drug-likeness (QED) is 0.595. The molecule has 31 heavy (non-hydrogen) atoms. The van der Waals surface area contributed by atoms with Crippen LogP contribution in [-0.4, -0.2) is 58.9 Å². The van der Waals surface area contributed by atoms with Gasteiger partial charge in [-0.25, -0.2) is 14.4 Å². The van der Waals surface area contributed by atoms with Gasteiger partial charge >= 0.3 is 0 Å². The van der Waals surface area contributed by atoms with Gasteiger partial charge in [0.25, 0.3) is 11.5 Å². The van der Waals surface area contributed by atoms with E-state index in [1.54, 1.807) is 25.1 Å². The molecule has 0 spiro atoms. The highest BCUT2D eigenvalue weighted by Crippen LogP contribution is 2.26. The molecule has 8 nitrogen and oxygen atoms in total. The Morgan fingerprint density at radius 3 is 2.74 bits per heavy atom. The number of halogens is 2. The summed E-state index contributed by atoms with van der Waals surface area (Å²) < 4.78 is 36.4. The summed E-state index contributed by atoms with van der Waals surface area (Å²) in [4.78, 5) is 38.7. The Labute approximate surface area is 187 Å². The zero-order valence-corrected chi connectivity index (χ0v) is 17.5. The molecule has 2 aromatic heterocycles. The molecule has 1 saturated heterocycles. The molecule has 0 atom stereocenters. The highest BCUT2D eigenvalue weighted by atomic mass is 35.5. The van der Waals surface area contributed by atoms with Crippen LogP contribution in [0.3, 0.4) is 0 Å². The predicted octanol–water partition coefficient (Wildman–Crippen LogP) is 2.10. The van der Waals surface area contributed by atoms with E-state index in [2.05, 4.69) is 19.9 Å². The summed E-state index contributed by atoms with van der Waals surface area (Å²) >= 11 is 6.27. The Bertz CT molecular complexity index is 1310. The molecule has 1 aliphatic rings. The third kappa shape index (κ3) is 4.24. The lowest BCUT2D eigenvalue weighted by atomic mass is 10.1. The van der Waals surface area contributed by atoms with Crippen LogP contribution in [-0.2, 0) is 6.54 Å². The minimum atomic E-state index is -2.62. The van der Waals surface area contributed by atoms with Gasteiger partial charge in [-0.15, -0.1) is 0 Å². The molecule has 1 aliphatic heterocycles. The molecular formula is C21H22ClFN6O2. The van der Waals surface area contributed by atoms with Gasteiger partial charge in [-0.2, -0.15) is 0 Å². The van der Waals surface area contributed by atoms with Gasteiger partial charge in [0.05, 0.1) is 11.2 Å². The number of rotatable bonds is 4. The molecule has 1 aromatic carbocycles.